The molecule has 2 fully saturated rings. The topological polar surface area (TPSA) is 74.4 Å². The normalized spacial score (nSPS) is 23.7. The molecule has 8 heteroatoms. The van der Waals surface area contributed by atoms with Crippen LogP contribution in [0.4, 0.5) is 5.69 Å². The van der Waals surface area contributed by atoms with Crippen LogP contribution in [-0.2, 0) is 15.1 Å². The zero-order chi connectivity index (χ0) is 26.8. The van der Waals surface area contributed by atoms with Crippen molar-refractivity contribution in [3.63, 3.8) is 0 Å². The lowest BCUT2D eigenvalue weighted by Gasteiger charge is -2.49. The molecule has 1 N–H and O–H groups in total. The first-order valence-corrected chi connectivity index (χ1v) is 14.1. The molecule has 0 unspecified atom stereocenters. The Kier molecular flexibility index (Phi) is 7.80. The number of rotatable bonds is 6. The van der Waals surface area contributed by atoms with Crippen LogP contribution in [0.15, 0.2) is 35.1 Å². The SMILES string of the molecule is [C-]#[N+]C1=CCC(C(=O)Nc2ccc(C3(N4CCN(CC)CC4)CCOCC3)nc2C2=CCC(C)(C)CC2)=N1. The van der Waals surface area contributed by atoms with Crippen molar-refractivity contribution in [2.24, 2.45) is 10.4 Å². The number of aliphatic imine (C=N–C) groups is 1. The molecule has 1 amide bonds. The van der Waals surface area contributed by atoms with E-state index >= 15 is 0 Å². The highest BCUT2D eigenvalue weighted by Crippen LogP contribution is 2.42. The number of hydrogen-bond acceptors (Lipinski definition) is 6. The van der Waals surface area contributed by atoms with Gasteiger partial charge in [0.2, 0.25) is 0 Å². The van der Waals surface area contributed by atoms with Crippen molar-refractivity contribution in [3.05, 3.63) is 52.9 Å². The molecule has 0 atom stereocenters. The monoisotopic (exact) mass is 516 g/mol. The van der Waals surface area contributed by atoms with Gasteiger partial charge in [-0.25, -0.2) is 4.98 Å². The van der Waals surface area contributed by atoms with Crippen LogP contribution >= 0.6 is 0 Å². The fourth-order valence-electron chi connectivity index (χ4n) is 6.12. The van der Waals surface area contributed by atoms with Gasteiger partial charge in [0.1, 0.15) is 0 Å². The number of pyridine rings is 1. The Morgan fingerprint density at radius 2 is 1.89 bits per heavy atom. The van der Waals surface area contributed by atoms with E-state index in [9.17, 15) is 4.79 Å². The van der Waals surface area contributed by atoms with Crippen molar-refractivity contribution in [1.82, 2.24) is 14.8 Å². The van der Waals surface area contributed by atoms with Crippen molar-refractivity contribution in [2.75, 3.05) is 51.3 Å². The minimum atomic E-state index is -0.260. The summed E-state index contributed by atoms with van der Waals surface area (Å²) in [5.74, 6) is 0.0228. The standard InChI is InChI=1S/C30H40N6O2/c1-5-35-16-18-36(19-17-35)30(14-20-38-21-15-30)25-8-6-23(33-28(37)24-7-9-26(31-4)32-24)27(34-25)22-10-12-29(2,3)13-11-22/h6,8-10H,5,7,11-21H2,1-3H3,(H,33,37). The van der Waals surface area contributed by atoms with Gasteiger partial charge in [0.15, 0.2) is 5.71 Å². The predicted molar refractivity (Wildman–Crippen MR) is 151 cm³/mol. The van der Waals surface area contributed by atoms with Crippen molar-refractivity contribution in [3.8, 4) is 0 Å². The maximum atomic E-state index is 13.1. The molecule has 0 bridgehead atoms. The number of allylic oxidation sites excluding steroid dienone is 3. The Balaban J connectivity index is 1.50. The summed E-state index contributed by atoms with van der Waals surface area (Å²) in [6, 6.07) is 4.15. The van der Waals surface area contributed by atoms with Gasteiger partial charge in [-0.1, -0.05) is 39.5 Å². The molecule has 2 saturated heterocycles. The highest BCUT2D eigenvalue weighted by Gasteiger charge is 2.43. The number of nitrogens with zero attached hydrogens (tertiary/aromatic N) is 5. The van der Waals surface area contributed by atoms with Crippen LogP contribution in [0.1, 0.15) is 70.7 Å². The van der Waals surface area contributed by atoms with E-state index in [2.05, 4.69) is 57.9 Å². The quantitative estimate of drug-likeness (QED) is 0.547. The van der Waals surface area contributed by atoms with Crippen LogP contribution in [0.5, 0.6) is 0 Å². The number of piperazine rings is 1. The van der Waals surface area contributed by atoms with Gasteiger partial charge in [0.05, 0.1) is 22.6 Å². The number of aromatic nitrogens is 1. The Bertz CT molecular complexity index is 1190. The third-order valence-corrected chi connectivity index (χ3v) is 8.75. The van der Waals surface area contributed by atoms with Crippen LogP contribution in [0, 0.1) is 12.0 Å². The van der Waals surface area contributed by atoms with E-state index < -0.39 is 0 Å². The Morgan fingerprint density at radius 3 is 2.53 bits per heavy atom. The summed E-state index contributed by atoms with van der Waals surface area (Å²) in [6.45, 7) is 20.8. The van der Waals surface area contributed by atoms with E-state index in [1.54, 1.807) is 6.08 Å². The Labute approximate surface area is 226 Å². The lowest BCUT2D eigenvalue weighted by Crippen LogP contribution is -2.57. The second-order valence-electron chi connectivity index (χ2n) is 11.6. The first-order chi connectivity index (χ1) is 18.3. The molecule has 0 saturated carbocycles. The largest absolute Gasteiger partial charge is 0.381 e. The van der Waals surface area contributed by atoms with Crippen LogP contribution in [0.25, 0.3) is 10.4 Å². The highest BCUT2D eigenvalue weighted by atomic mass is 16.5. The smallest absolute Gasteiger partial charge is 0.294 e. The average molecular weight is 517 g/mol. The molecule has 0 aromatic carbocycles. The van der Waals surface area contributed by atoms with E-state index in [1.807, 2.05) is 6.07 Å². The van der Waals surface area contributed by atoms with Crippen LogP contribution in [0.3, 0.4) is 0 Å². The molecule has 4 heterocycles. The fourth-order valence-corrected chi connectivity index (χ4v) is 6.12. The average Bonchev–Trinajstić information content (AvgIpc) is 3.44. The van der Waals surface area contributed by atoms with E-state index in [4.69, 9.17) is 16.3 Å². The second kappa shape index (κ2) is 11.1. The van der Waals surface area contributed by atoms with E-state index in [0.29, 0.717) is 12.1 Å². The summed E-state index contributed by atoms with van der Waals surface area (Å²) in [5, 5.41) is 3.10. The molecule has 1 aliphatic carbocycles. The third kappa shape index (κ3) is 5.47. The highest BCUT2D eigenvalue weighted by molar-refractivity contribution is 6.44. The maximum Gasteiger partial charge on any atom is 0.294 e. The summed E-state index contributed by atoms with van der Waals surface area (Å²) >= 11 is 0. The number of hydrogen-bond donors (Lipinski definition) is 1. The molecule has 0 spiro atoms. The molecule has 5 rings (SSSR count). The summed E-state index contributed by atoms with van der Waals surface area (Å²) in [6.07, 6.45) is 9.25. The first-order valence-electron chi connectivity index (χ1n) is 14.1. The number of carbonyl (C=O) groups excluding carboxylic acids is 1. The van der Waals surface area contributed by atoms with Crippen molar-refractivity contribution >= 4 is 22.9 Å². The summed E-state index contributed by atoms with van der Waals surface area (Å²) < 4.78 is 5.83. The van der Waals surface area contributed by atoms with Crippen molar-refractivity contribution in [2.45, 2.75) is 64.8 Å². The summed E-state index contributed by atoms with van der Waals surface area (Å²) in [5.41, 5.74) is 4.37. The Hall–Kier alpha value is -2.86. The molecular weight excluding hydrogens is 476 g/mol. The van der Waals surface area contributed by atoms with Gasteiger partial charge in [-0.2, -0.15) is 0 Å². The van der Waals surface area contributed by atoms with E-state index in [1.165, 1.54) is 5.57 Å². The van der Waals surface area contributed by atoms with Gasteiger partial charge in [-0.3, -0.25) is 9.69 Å². The first kappa shape index (κ1) is 26.7. The fraction of sp³-hybridized carbons (Fsp3) is 0.600. The van der Waals surface area contributed by atoms with Gasteiger partial charge in [-0.05, 0) is 61.8 Å². The number of ether oxygens (including phenoxy) is 1. The number of anilines is 1. The van der Waals surface area contributed by atoms with Crippen molar-refractivity contribution in [1.29, 1.82) is 0 Å². The zero-order valence-corrected chi connectivity index (χ0v) is 23.1. The molecule has 38 heavy (non-hydrogen) atoms. The predicted octanol–water partition coefficient (Wildman–Crippen LogP) is 4.86. The van der Waals surface area contributed by atoms with Crippen LogP contribution in [-0.4, -0.2) is 72.3 Å². The number of likely N-dealkylation sites (N-methyl/N-ethyl adjacent to an activating group) is 1. The van der Waals surface area contributed by atoms with Gasteiger partial charge in [0.25, 0.3) is 11.7 Å². The number of nitrogens with one attached hydrogen (secondary N) is 1. The molecule has 4 aliphatic rings. The maximum absolute atomic E-state index is 13.1. The summed E-state index contributed by atoms with van der Waals surface area (Å²) in [7, 11) is 0. The number of amides is 1. The van der Waals surface area contributed by atoms with Gasteiger partial charge >= 0.3 is 0 Å². The lowest BCUT2D eigenvalue weighted by molar-refractivity contribution is -0.110. The van der Waals surface area contributed by atoms with E-state index in [0.717, 1.165) is 95.1 Å². The third-order valence-electron chi connectivity index (χ3n) is 8.75. The van der Waals surface area contributed by atoms with Crippen molar-refractivity contribution < 1.29 is 9.53 Å². The van der Waals surface area contributed by atoms with Gasteiger partial charge < -0.3 is 19.8 Å². The molecule has 1 aromatic heterocycles. The van der Waals surface area contributed by atoms with Gasteiger partial charge in [-0.15, -0.1) is 4.99 Å². The summed E-state index contributed by atoms with van der Waals surface area (Å²) in [4.78, 5) is 31.2. The zero-order valence-electron chi connectivity index (χ0n) is 23.1. The minimum Gasteiger partial charge on any atom is -0.381 e. The number of carbonyl (C=O) groups is 1. The molecule has 3 aliphatic heterocycles. The molecule has 202 valence electrons. The van der Waals surface area contributed by atoms with Crippen LogP contribution < -0.4 is 5.32 Å². The second-order valence-corrected chi connectivity index (χ2v) is 11.6. The molecular formula is C30H40N6O2. The minimum absolute atomic E-state index is 0.159. The molecule has 1 aromatic rings. The molecule has 0 radical (unpaired) electrons. The van der Waals surface area contributed by atoms with E-state index in [-0.39, 0.29) is 22.7 Å². The van der Waals surface area contributed by atoms with Gasteiger partial charge in [0, 0.05) is 45.8 Å². The lowest BCUT2D eigenvalue weighted by atomic mass is 9.77. The van der Waals surface area contributed by atoms with Crippen LogP contribution in [0.2, 0.25) is 0 Å². The molecule has 8 nitrogen and oxygen atoms in total. The Morgan fingerprint density at radius 1 is 1.13 bits per heavy atom.